The highest BCUT2D eigenvalue weighted by molar-refractivity contribution is 5.85. The Bertz CT molecular complexity index is 825. The number of nitrogens with one attached hydrogen (secondary N) is 2. The van der Waals surface area contributed by atoms with Gasteiger partial charge in [0.05, 0.1) is 6.04 Å². The molecule has 0 radical (unpaired) electrons. The predicted octanol–water partition coefficient (Wildman–Crippen LogP) is 4.61. The molecule has 1 amide bonds. The summed E-state index contributed by atoms with van der Waals surface area (Å²) in [4.78, 5) is 12.6. The molecule has 2 aromatic rings. The second kappa shape index (κ2) is 8.50. The number of ether oxygens (including phenoxy) is 1. The lowest BCUT2D eigenvalue weighted by Gasteiger charge is -2.24. The molecule has 0 aromatic heterocycles. The van der Waals surface area contributed by atoms with Crippen molar-refractivity contribution in [2.45, 2.75) is 32.2 Å². The minimum absolute atomic E-state index is 0. The first-order valence-corrected chi connectivity index (χ1v) is 9.61. The molecule has 1 heterocycles. The highest BCUT2D eigenvalue weighted by atomic mass is 35.5. The third-order valence-electron chi connectivity index (χ3n) is 5.89. The van der Waals surface area contributed by atoms with Crippen molar-refractivity contribution in [2.24, 2.45) is 11.3 Å². The summed E-state index contributed by atoms with van der Waals surface area (Å²) in [6.07, 6.45) is 3.12. The largest absolute Gasteiger partial charge is 0.454 e. The predicted molar refractivity (Wildman–Crippen MR) is 109 cm³/mol. The molecule has 2 fully saturated rings. The van der Waals surface area contributed by atoms with E-state index < -0.39 is 5.82 Å². The zero-order valence-electron chi connectivity index (χ0n) is 15.9. The van der Waals surface area contributed by atoms with Gasteiger partial charge in [0.2, 0.25) is 5.91 Å². The maximum Gasteiger partial charge on any atom is 0.224 e. The molecule has 1 aliphatic carbocycles. The van der Waals surface area contributed by atoms with Crippen molar-refractivity contribution in [3.63, 3.8) is 0 Å². The Morgan fingerprint density at radius 3 is 2.61 bits per heavy atom. The van der Waals surface area contributed by atoms with Crippen LogP contribution in [0.3, 0.4) is 0 Å². The number of piperidine rings is 1. The fourth-order valence-electron chi connectivity index (χ4n) is 4.08. The maximum absolute atomic E-state index is 14.4. The van der Waals surface area contributed by atoms with Gasteiger partial charge < -0.3 is 15.4 Å². The number of hydrogen-bond donors (Lipinski definition) is 2. The second-order valence-electron chi connectivity index (χ2n) is 7.70. The van der Waals surface area contributed by atoms with Gasteiger partial charge in [-0.05, 0) is 74.5 Å². The van der Waals surface area contributed by atoms with E-state index in [9.17, 15) is 9.18 Å². The van der Waals surface area contributed by atoms with E-state index >= 15 is 0 Å². The summed E-state index contributed by atoms with van der Waals surface area (Å²) in [5, 5.41) is 6.41. The fourth-order valence-corrected chi connectivity index (χ4v) is 4.08. The molecule has 2 atom stereocenters. The summed E-state index contributed by atoms with van der Waals surface area (Å²) in [7, 11) is 0. The minimum Gasteiger partial charge on any atom is -0.454 e. The molecule has 1 aliphatic heterocycles. The number of carbonyl (C=O) groups is 1. The van der Waals surface area contributed by atoms with E-state index in [1.165, 1.54) is 6.07 Å². The van der Waals surface area contributed by atoms with Gasteiger partial charge in [-0.3, -0.25) is 4.79 Å². The highest BCUT2D eigenvalue weighted by Gasteiger charge is 2.57. The molecule has 28 heavy (non-hydrogen) atoms. The maximum atomic E-state index is 14.4. The summed E-state index contributed by atoms with van der Waals surface area (Å²) in [5.41, 5.74) is 0.939. The normalized spacial score (nSPS) is 20.7. The first-order chi connectivity index (χ1) is 13.1. The Morgan fingerprint density at radius 1 is 1.21 bits per heavy atom. The van der Waals surface area contributed by atoms with Crippen LogP contribution < -0.4 is 15.4 Å². The van der Waals surface area contributed by atoms with Gasteiger partial charge in [-0.2, -0.15) is 0 Å². The van der Waals surface area contributed by atoms with Gasteiger partial charge >= 0.3 is 0 Å². The van der Waals surface area contributed by atoms with Crippen molar-refractivity contribution >= 4 is 18.3 Å². The van der Waals surface area contributed by atoms with E-state index in [2.05, 4.69) is 10.6 Å². The summed E-state index contributed by atoms with van der Waals surface area (Å²) in [5.74, 6) is 0.534. The van der Waals surface area contributed by atoms with Crippen molar-refractivity contribution in [1.82, 2.24) is 10.6 Å². The van der Waals surface area contributed by atoms with Crippen molar-refractivity contribution in [3.8, 4) is 11.5 Å². The molecular weight excluding hydrogens is 379 g/mol. The number of rotatable bonds is 5. The average Bonchev–Trinajstić information content (AvgIpc) is 3.37. The molecule has 2 unspecified atom stereocenters. The topological polar surface area (TPSA) is 50.4 Å². The molecule has 1 saturated carbocycles. The van der Waals surface area contributed by atoms with Crippen molar-refractivity contribution in [2.75, 3.05) is 13.1 Å². The first-order valence-electron chi connectivity index (χ1n) is 9.61. The summed E-state index contributed by atoms with van der Waals surface area (Å²) in [6, 6.07) is 13.7. The molecule has 2 aromatic carbocycles. The molecule has 6 heteroatoms. The lowest BCUT2D eigenvalue weighted by molar-refractivity contribution is -0.123. The molecule has 2 N–H and O–H groups in total. The highest BCUT2D eigenvalue weighted by Crippen LogP contribution is 2.58. The van der Waals surface area contributed by atoms with E-state index in [1.807, 2.05) is 25.1 Å². The Morgan fingerprint density at radius 2 is 1.93 bits per heavy atom. The second-order valence-corrected chi connectivity index (χ2v) is 7.70. The van der Waals surface area contributed by atoms with Crippen LogP contribution in [-0.4, -0.2) is 19.0 Å². The average molecular weight is 405 g/mol. The Kier molecular flexibility index (Phi) is 6.26. The van der Waals surface area contributed by atoms with Crippen LogP contribution in [0.5, 0.6) is 11.5 Å². The molecule has 2 aliphatic rings. The molecular formula is C22H26ClFN2O2. The van der Waals surface area contributed by atoms with Gasteiger partial charge in [0, 0.05) is 5.92 Å². The van der Waals surface area contributed by atoms with E-state index in [4.69, 9.17) is 4.74 Å². The van der Waals surface area contributed by atoms with Crippen LogP contribution >= 0.6 is 12.4 Å². The van der Waals surface area contributed by atoms with Crippen LogP contribution in [-0.2, 0) is 4.79 Å². The van der Waals surface area contributed by atoms with Gasteiger partial charge in [-0.15, -0.1) is 12.4 Å². The van der Waals surface area contributed by atoms with Gasteiger partial charge in [-0.1, -0.05) is 24.3 Å². The minimum atomic E-state index is -0.432. The van der Waals surface area contributed by atoms with Crippen LogP contribution in [0.2, 0.25) is 0 Å². The number of halogens is 2. The quantitative estimate of drug-likeness (QED) is 0.765. The number of hydrogen-bond acceptors (Lipinski definition) is 3. The molecule has 150 valence electrons. The van der Waals surface area contributed by atoms with E-state index in [0.29, 0.717) is 5.75 Å². The molecule has 0 bridgehead atoms. The molecule has 4 rings (SSSR count). The summed E-state index contributed by atoms with van der Waals surface area (Å²) >= 11 is 0. The van der Waals surface area contributed by atoms with E-state index in [-0.39, 0.29) is 41.4 Å². The third-order valence-corrected chi connectivity index (χ3v) is 5.89. The van der Waals surface area contributed by atoms with E-state index in [0.717, 1.165) is 37.9 Å². The first kappa shape index (κ1) is 20.6. The standard InChI is InChI=1S/C22H25FN2O2.ClH/c1-15(25-21(26)18-14-22(18)9-11-24-12-10-22)16-7-8-20(19(23)13-16)27-17-5-3-2-4-6-17;/h2-8,13,15,18,24H,9-12,14H2,1H3,(H,25,26);1H. The molecule has 1 spiro atoms. The van der Waals surface area contributed by atoms with Crippen LogP contribution in [0.1, 0.15) is 37.8 Å². The number of carbonyl (C=O) groups excluding carboxylic acids is 1. The van der Waals surface area contributed by atoms with Crippen LogP contribution in [0.4, 0.5) is 4.39 Å². The van der Waals surface area contributed by atoms with E-state index in [1.54, 1.807) is 24.3 Å². The van der Waals surface area contributed by atoms with Gasteiger partial charge in [-0.25, -0.2) is 4.39 Å². The zero-order valence-corrected chi connectivity index (χ0v) is 16.7. The van der Waals surface area contributed by atoms with Crippen LogP contribution in [0, 0.1) is 17.2 Å². The lowest BCUT2D eigenvalue weighted by atomic mass is 9.91. The van der Waals surface area contributed by atoms with Crippen LogP contribution in [0.25, 0.3) is 0 Å². The fraction of sp³-hybridized carbons (Fsp3) is 0.409. The van der Waals surface area contributed by atoms with Gasteiger partial charge in [0.1, 0.15) is 5.75 Å². The number of para-hydroxylation sites is 1. The Labute approximate surface area is 171 Å². The number of amides is 1. The zero-order chi connectivity index (χ0) is 18.9. The van der Waals surface area contributed by atoms with Gasteiger partial charge in [0.25, 0.3) is 0 Å². The summed E-state index contributed by atoms with van der Waals surface area (Å²) < 4.78 is 20.0. The molecule has 4 nitrogen and oxygen atoms in total. The number of benzene rings is 2. The van der Waals surface area contributed by atoms with Crippen molar-refractivity contribution in [3.05, 3.63) is 59.9 Å². The summed E-state index contributed by atoms with van der Waals surface area (Å²) in [6.45, 7) is 3.88. The van der Waals surface area contributed by atoms with Gasteiger partial charge in [0.15, 0.2) is 11.6 Å². The van der Waals surface area contributed by atoms with Crippen molar-refractivity contribution in [1.29, 1.82) is 0 Å². The SMILES string of the molecule is CC(NC(=O)C1CC12CCNCC2)c1ccc(Oc2ccccc2)c(F)c1.Cl. The lowest BCUT2D eigenvalue weighted by Crippen LogP contribution is -2.34. The monoisotopic (exact) mass is 404 g/mol. The van der Waals surface area contributed by atoms with Crippen molar-refractivity contribution < 1.29 is 13.9 Å². The molecule has 1 saturated heterocycles. The Balaban J connectivity index is 0.00000225. The third kappa shape index (κ3) is 4.31. The Hall–Kier alpha value is -2.11. The smallest absolute Gasteiger partial charge is 0.224 e. The van der Waals surface area contributed by atoms with Crippen LogP contribution in [0.15, 0.2) is 48.5 Å².